The summed E-state index contributed by atoms with van der Waals surface area (Å²) in [6, 6.07) is 7.77. The van der Waals surface area contributed by atoms with E-state index in [9.17, 15) is 13.2 Å². The Labute approximate surface area is 161 Å². The van der Waals surface area contributed by atoms with Crippen molar-refractivity contribution in [2.75, 3.05) is 20.1 Å². The summed E-state index contributed by atoms with van der Waals surface area (Å²) in [5.41, 5.74) is 1.51. The Kier molecular flexibility index (Phi) is 6.38. The fourth-order valence-electron chi connectivity index (χ4n) is 3.12. The highest BCUT2D eigenvalue weighted by atomic mass is 32.1. The number of hydrogen-bond donors (Lipinski definition) is 2. The number of alkyl halides is 3. The molecule has 1 fully saturated rings. The highest BCUT2D eigenvalue weighted by molar-refractivity contribution is 7.07. The van der Waals surface area contributed by atoms with E-state index < -0.39 is 11.7 Å². The van der Waals surface area contributed by atoms with Crippen LogP contribution < -0.4 is 10.6 Å². The maximum Gasteiger partial charge on any atom is 0.416 e. The van der Waals surface area contributed by atoms with Gasteiger partial charge < -0.3 is 10.6 Å². The van der Waals surface area contributed by atoms with Crippen molar-refractivity contribution in [3.63, 3.8) is 0 Å². The van der Waals surface area contributed by atoms with Crippen LogP contribution in [0.3, 0.4) is 0 Å². The fourth-order valence-corrected chi connectivity index (χ4v) is 3.79. The standard InChI is InChI=1S/C19H23F3N4S/c1-23-18(24-10-15-7-9-27-13-15)25-17-6-8-26(12-17)11-14-2-4-16(5-3-14)19(20,21)22/h2-5,7,9,13,17H,6,8,10-12H2,1H3,(H2,23,24,25). The van der Waals surface area contributed by atoms with Crippen molar-refractivity contribution in [2.45, 2.75) is 31.7 Å². The molecule has 8 heteroatoms. The summed E-state index contributed by atoms with van der Waals surface area (Å²) in [7, 11) is 1.75. The Hall–Kier alpha value is -2.06. The second-order valence-corrected chi connectivity index (χ2v) is 7.40. The lowest BCUT2D eigenvalue weighted by atomic mass is 10.1. The third kappa shape index (κ3) is 5.71. The summed E-state index contributed by atoms with van der Waals surface area (Å²) in [4.78, 5) is 6.51. The van der Waals surface area contributed by atoms with E-state index in [2.05, 4.69) is 32.0 Å². The molecule has 0 saturated carbocycles. The molecule has 0 aliphatic carbocycles. The number of aliphatic imine (C=N–C) groups is 1. The lowest BCUT2D eigenvalue weighted by Gasteiger charge is -2.19. The van der Waals surface area contributed by atoms with Gasteiger partial charge in [0.2, 0.25) is 0 Å². The number of rotatable bonds is 5. The van der Waals surface area contributed by atoms with Crippen molar-refractivity contribution in [1.82, 2.24) is 15.5 Å². The molecule has 1 aromatic heterocycles. The molecule has 0 bridgehead atoms. The first kappa shape index (κ1) is 19.7. The van der Waals surface area contributed by atoms with E-state index >= 15 is 0 Å². The Morgan fingerprint density at radius 1 is 1.22 bits per heavy atom. The van der Waals surface area contributed by atoms with E-state index in [0.29, 0.717) is 6.54 Å². The topological polar surface area (TPSA) is 39.7 Å². The molecule has 1 atom stereocenters. The van der Waals surface area contributed by atoms with Gasteiger partial charge in [0.15, 0.2) is 5.96 Å². The Morgan fingerprint density at radius 3 is 2.63 bits per heavy atom. The van der Waals surface area contributed by atoms with Gasteiger partial charge in [-0.15, -0.1) is 0 Å². The van der Waals surface area contributed by atoms with Gasteiger partial charge in [0.1, 0.15) is 0 Å². The van der Waals surface area contributed by atoms with Crippen LogP contribution in [0, 0.1) is 0 Å². The molecular weight excluding hydrogens is 373 g/mol. The van der Waals surface area contributed by atoms with Gasteiger partial charge in [0, 0.05) is 39.3 Å². The molecule has 1 aliphatic heterocycles. The monoisotopic (exact) mass is 396 g/mol. The Morgan fingerprint density at radius 2 is 2.00 bits per heavy atom. The summed E-state index contributed by atoms with van der Waals surface area (Å²) in [6.45, 7) is 3.11. The first-order valence-electron chi connectivity index (χ1n) is 8.81. The number of nitrogens with zero attached hydrogens (tertiary/aromatic N) is 2. The molecule has 1 saturated heterocycles. The zero-order chi connectivity index (χ0) is 19.3. The molecule has 1 aromatic carbocycles. The Bertz CT molecular complexity index is 741. The van der Waals surface area contributed by atoms with Gasteiger partial charge in [-0.1, -0.05) is 12.1 Å². The van der Waals surface area contributed by atoms with Crippen LogP contribution in [0.25, 0.3) is 0 Å². The Balaban J connectivity index is 1.46. The molecule has 2 heterocycles. The second kappa shape index (κ2) is 8.75. The van der Waals surface area contributed by atoms with Gasteiger partial charge in [-0.05, 0) is 46.5 Å². The zero-order valence-electron chi connectivity index (χ0n) is 15.1. The van der Waals surface area contributed by atoms with Crippen LogP contribution in [-0.2, 0) is 19.3 Å². The first-order chi connectivity index (χ1) is 12.9. The molecule has 27 heavy (non-hydrogen) atoms. The van der Waals surface area contributed by atoms with Gasteiger partial charge in [0.25, 0.3) is 0 Å². The lowest BCUT2D eigenvalue weighted by Crippen LogP contribution is -2.44. The SMILES string of the molecule is CN=C(NCc1ccsc1)NC1CCN(Cc2ccc(C(F)(F)F)cc2)C1. The van der Waals surface area contributed by atoms with E-state index in [1.807, 2.05) is 5.38 Å². The van der Waals surface area contributed by atoms with Gasteiger partial charge in [-0.25, -0.2) is 0 Å². The van der Waals surface area contributed by atoms with Crippen molar-refractivity contribution in [3.05, 3.63) is 57.8 Å². The van der Waals surface area contributed by atoms with Gasteiger partial charge >= 0.3 is 6.18 Å². The largest absolute Gasteiger partial charge is 0.416 e. The van der Waals surface area contributed by atoms with Crippen LogP contribution in [0.4, 0.5) is 13.2 Å². The van der Waals surface area contributed by atoms with Crippen LogP contribution in [-0.4, -0.2) is 37.0 Å². The summed E-state index contributed by atoms with van der Waals surface area (Å²) < 4.78 is 37.9. The van der Waals surface area contributed by atoms with Crippen LogP contribution >= 0.6 is 11.3 Å². The normalized spacial score (nSPS) is 18.7. The number of halogens is 3. The van der Waals surface area contributed by atoms with Gasteiger partial charge in [-0.2, -0.15) is 24.5 Å². The predicted molar refractivity (Wildman–Crippen MR) is 103 cm³/mol. The van der Waals surface area contributed by atoms with E-state index in [1.165, 1.54) is 5.56 Å². The summed E-state index contributed by atoms with van der Waals surface area (Å²) in [6.07, 6.45) is -3.31. The molecule has 0 amide bonds. The van der Waals surface area contributed by atoms with Crippen LogP contribution in [0.1, 0.15) is 23.1 Å². The van der Waals surface area contributed by atoms with Gasteiger partial charge in [-0.3, -0.25) is 9.89 Å². The second-order valence-electron chi connectivity index (χ2n) is 6.62. The maximum absolute atomic E-state index is 12.6. The molecular formula is C19H23F3N4S. The smallest absolute Gasteiger partial charge is 0.352 e. The fraction of sp³-hybridized carbons (Fsp3) is 0.421. The molecule has 2 N–H and O–H groups in total. The number of likely N-dealkylation sites (tertiary alicyclic amines) is 1. The summed E-state index contributed by atoms with van der Waals surface area (Å²) in [5.74, 6) is 0.766. The lowest BCUT2D eigenvalue weighted by molar-refractivity contribution is -0.137. The van der Waals surface area contributed by atoms with Crippen molar-refractivity contribution < 1.29 is 13.2 Å². The molecule has 146 valence electrons. The number of nitrogens with one attached hydrogen (secondary N) is 2. The number of thiophene rings is 1. The number of benzene rings is 1. The minimum atomic E-state index is -4.28. The molecule has 1 aliphatic rings. The molecule has 1 unspecified atom stereocenters. The van der Waals surface area contributed by atoms with E-state index in [1.54, 1.807) is 30.5 Å². The molecule has 3 rings (SSSR count). The van der Waals surface area contributed by atoms with E-state index in [0.717, 1.165) is 49.7 Å². The minimum absolute atomic E-state index is 0.271. The van der Waals surface area contributed by atoms with E-state index in [4.69, 9.17) is 0 Å². The van der Waals surface area contributed by atoms with E-state index in [-0.39, 0.29) is 6.04 Å². The number of hydrogen-bond acceptors (Lipinski definition) is 3. The third-order valence-corrected chi connectivity index (χ3v) is 5.30. The zero-order valence-corrected chi connectivity index (χ0v) is 15.9. The third-order valence-electron chi connectivity index (χ3n) is 4.56. The first-order valence-corrected chi connectivity index (χ1v) is 9.75. The summed E-state index contributed by atoms with van der Waals surface area (Å²) >= 11 is 1.67. The quantitative estimate of drug-likeness (QED) is 0.598. The number of guanidine groups is 1. The molecule has 0 radical (unpaired) electrons. The predicted octanol–water partition coefficient (Wildman–Crippen LogP) is 3.71. The average molecular weight is 396 g/mol. The minimum Gasteiger partial charge on any atom is -0.352 e. The summed E-state index contributed by atoms with van der Waals surface area (Å²) in [5, 5.41) is 10.9. The highest BCUT2D eigenvalue weighted by Gasteiger charge is 2.30. The van der Waals surface area contributed by atoms with Crippen LogP contribution in [0.5, 0.6) is 0 Å². The molecule has 2 aromatic rings. The van der Waals surface area contributed by atoms with Crippen LogP contribution in [0.15, 0.2) is 46.1 Å². The molecule has 4 nitrogen and oxygen atoms in total. The van der Waals surface area contributed by atoms with Crippen molar-refractivity contribution >= 4 is 17.3 Å². The van der Waals surface area contributed by atoms with Crippen molar-refractivity contribution in [3.8, 4) is 0 Å². The van der Waals surface area contributed by atoms with Crippen molar-refractivity contribution in [1.29, 1.82) is 0 Å². The average Bonchev–Trinajstić information content (AvgIpc) is 3.30. The van der Waals surface area contributed by atoms with Crippen molar-refractivity contribution in [2.24, 2.45) is 4.99 Å². The maximum atomic E-state index is 12.6. The highest BCUT2D eigenvalue weighted by Crippen LogP contribution is 2.29. The molecule has 0 spiro atoms. The van der Waals surface area contributed by atoms with Gasteiger partial charge in [0.05, 0.1) is 5.56 Å². The van der Waals surface area contributed by atoms with Crippen LogP contribution in [0.2, 0.25) is 0 Å².